The van der Waals surface area contributed by atoms with Gasteiger partial charge in [0.2, 0.25) is 57.0 Å². The van der Waals surface area contributed by atoms with Gasteiger partial charge in [0.25, 0.3) is 0 Å². The topological polar surface area (TPSA) is 150 Å². The molecule has 1 atom stereocenters. The third-order valence-corrected chi connectivity index (χ3v) is 29.4. The summed E-state index contributed by atoms with van der Waals surface area (Å²) in [5, 5.41) is 22.6. The number of hydrogen-bond acceptors (Lipinski definition) is 10. The molecule has 0 fully saturated rings. The minimum atomic E-state index is -2.43. The van der Waals surface area contributed by atoms with Crippen molar-refractivity contribution in [2.75, 3.05) is 0 Å². The van der Waals surface area contributed by atoms with Crippen molar-refractivity contribution in [1.29, 1.82) is 0 Å². The molecule has 15 heteroatoms. The smallest absolute Gasteiger partial charge is 0.227 e. The van der Waals surface area contributed by atoms with E-state index in [9.17, 15) is 0 Å². The van der Waals surface area contributed by atoms with Crippen molar-refractivity contribution in [3.05, 3.63) is 358 Å². The van der Waals surface area contributed by atoms with Crippen LogP contribution in [0.4, 0.5) is 0 Å². The largest absolute Gasteiger partial charge is 0.437 e. The summed E-state index contributed by atoms with van der Waals surface area (Å²) in [6.45, 7) is 37.7. The summed E-state index contributed by atoms with van der Waals surface area (Å²) in [6.07, 6.45) is 13.9. The van der Waals surface area contributed by atoms with Crippen LogP contribution in [0.2, 0.25) is 0 Å². The van der Waals surface area contributed by atoms with E-state index in [1.807, 2.05) is 102 Å². The first-order chi connectivity index (χ1) is 72.1. The van der Waals surface area contributed by atoms with Crippen LogP contribution in [0, 0.1) is 74.7 Å². The molecule has 147 heavy (non-hydrogen) atoms. The van der Waals surface area contributed by atoms with Crippen LogP contribution in [0.25, 0.3) is 220 Å². The van der Waals surface area contributed by atoms with Crippen molar-refractivity contribution in [1.82, 2.24) is 24.9 Å². The molecule has 10 aromatic carbocycles. The van der Waals surface area contributed by atoms with Gasteiger partial charge in [-0.3, -0.25) is 0 Å². The molecule has 0 saturated heterocycles. The second-order valence-electron chi connectivity index (χ2n) is 42.3. The molecule has 25 aromatic rings. The molecule has 0 saturated carbocycles. The summed E-state index contributed by atoms with van der Waals surface area (Å²) in [7, 11) is 10.4. The van der Waals surface area contributed by atoms with Gasteiger partial charge in [-0.15, -0.1) is 0 Å². The Hall–Kier alpha value is -16.0. The maximum Gasteiger partial charge on any atom is 0.227 e. The Morgan fingerprint density at radius 2 is 0.497 bits per heavy atom. The van der Waals surface area contributed by atoms with E-state index >= 15 is 0 Å². The van der Waals surface area contributed by atoms with E-state index in [0.29, 0.717) is 46.0 Å². The molecular weight excluding hydrogens is 1810 g/mol. The Morgan fingerprint density at radius 3 is 0.748 bits per heavy atom. The van der Waals surface area contributed by atoms with Gasteiger partial charge in [0.15, 0.2) is 58.9 Å². The second kappa shape index (κ2) is 38.5. The van der Waals surface area contributed by atoms with E-state index in [-0.39, 0.29) is 5.41 Å². The van der Waals surface area contributed by atoms with Crippen LogP contribution >= 0.6 is 0 Å². The molecular formula is C132H129N10O5+5. The molecule has 0 radical (unpaired) electrons. The van der Waals surface area contributed by atoms with Crippen molar-refractivity contribution in [3.63, 3.8) is 0 Å². The highest BCUT2D eigenvalue weighted by Crippen LogP contribution is 2.47. The van der Waals surface area contributed by atoms with Gasteiger partial charge in [-0.25, -0.2) is 47.8 Å². The molecule has 0 N–H and O–H groups in total. The highest BCUT2D eigenvalue weighted by atomic mass is 16.4. The van der Waals surface area contributed by atoms with Gasteiger partial charge in [0, 0.05) is 118 Å². The molecule has 732 valence electrons. The van der Waals surface area contributed by atoms with Crippen LogP contribution in [0.3, 0.4) is 0 Å². The predicted molar refractivity (Wildman–Crippen MR) is 605 cm³/mol. The minimum absolute atomic E-state index is 0.261. The number of nitrogens with zero attached hydrogens (tertiary/aromatic N) is 10. The van der Waals surface area contributed by atoms with Gasteiger partial charge in [-0.2, -0.15) is 0 Å². The maximum absolute atomic E-state index is 8.49. The third kappa shape index (κ3) is 18.0. The summed E-state index contributed by atoms with van der Waals surface area (Å²) < 4.78 is 74.4. The van der Waals surface area contributed by atoms with Gasteiger partial charge in [0.1, 0.15) is 35.2 Å². The first kappa shape index (κ1) is 92.1. The average Bonchev–Trinajstić information content (AvgIpc) is 1.64. The van der Waals surface area contributed by atoms with Gasteiger partial charge < -0.3 is 22.1 Å². The van der Waals surface area contributed by atoms with E-state index in [1.165, 1.54) is 117 Å². The zero-order valence-electron chi connectivity index (χ0n) is 92.8. The quantitative estimate of drug-likeness (QED) is 0.115. The molecule has 0 aliphatic carbocycles. The van der Waals surface area contributed by atoms with E-state index in [4.69, 9.17) is 27.6 Å². The summed E-state index contributed by atoms with van der Waals surface area (Å²) >= 11 is 0. The van der Waals surface area contributed by atoms with E-state index in [2.05, 4.69) is 373 Å². The molecule has 0 aliphatic rings. The second-order valence-corrected chi connectivity index (χ2v) is 42.3. The lowest BCUT2D eigenvalue weighted by molar-refractivity contribution is -0.659. The number of pyridine rings is 10. The van der Waals surface area contributed by atoms with Crippen LogP contribution in [-0.4, -0.2) is 24.9 Å². The molecule has 0 spiro atoms. The Morgan fingerprint density at radius 1 is 0.272 bits per heavy atom. The van der Waals surface area contributed by atoms with E-state index in [1.54, 1.807) is 6.07 Å². The number of fused-ring (bicyclic) bond motifs is 20. The summed E-state index contributed by atoms with van der Waals surface area (Å²) in [6, 6.07) is 85.8. The summed E-state index contributed by atoms with van der Waals surface area (Å²) in [4.78, 5) is 23.1. The average molecular weight is 1940 g/mol. The molecule has 0 amide bonds. The zero-order valence-corrected chi connectivity index (χ0v) is 88.8. The van der Waals surface area contributed by atoms with Crippen LogP contribution < -0.4 is 22.8 Å². The van der Waals surface area contributed by atoms with Gasteiger partial charge in [-0.1, -0.05) is 197 Å². The molecule has 15 heterocycles. The van der Waals surface area contributed by atoms with Crippen LogP contribution in [0.5, 0.6) is 0 Å². The van der Waals surface area contributed by atoms with E-state index < -0.39 is 12.7 Å². The molecule has 15 nitrogen and oxygen atoms in total. The molecule has 0 bridgehead atoms. The lowest BCUT2D eigenvalue weighted by Crippen LogP contribution is -2.30. The van der Waals surface area contributed by atoms with Crippen LogP contribution in [-0.2, 0) is 48.1 Å². The SMILES string of the molecule is CCCc1ccc2c(-c3c(C)ccc4c3oc3nc(C)ccc34)[n+](C)ccc2c1.Cc1ccc2c(n1)oc1c(-c3c4ccc(C(C)C)cc4cc[n+]3C)c(C)ccc12.Cc1ccc2c(n1)oc1c(-c3c4ccc(C(C)C)cc4cc[n+]3C)c(C)ccc12.Cc1ccc2c(n1)oc1c(-c3c4ccc(CC(C)(C)C)cc4cc[n+]3C)c(C)ccc12.[2H]C([2H])([2H])C([2H])(C)c1ccc2c(-c3c(C)ccc4c3oc3nc(C)ccc34)[n+](C)ccc2c1. The Kier molecular flexibility index (Phi) is 24.1. The molecule has 0 aliphatic heterocycles. The number of benzene rings is 10. The first-order valence-corrected chi connectivity index (χ1v) is 51.2. The normalized spacial score (nSPS) is 12.9. The monoisotopic (exact) mass is 1940 g/mol. The summed E-state index contributed by atoms with van der Waals surface area (Å²) in [5.74, 6) is -0.685. The fourth-order valence-corrected chi connectivity index (χ4v) is 21.7. The van der Waals surface area contributed by atoms with Crippen molar-refractivity contribution in [3.8, 4) is 56.3 Å². The summed E-state index contributed by atoms with van der Waals surface area (Å²) in [5.41, 5.74) is 35.9. The Labute approximate surface area is 864 Å². The number of hydrogen-bond donors (Lipinski definition) is 0. The zero-order chi connectivity index (χ0) is 106. The maximum atomic E-state index is 8.49. The molecule has 25 rings (SSSR count). The van der Waals surface area contributed by atoms with Crippen LogP contribution in [0.1, 0.15) is 183 Å². The van der Waals surface area contributed by atoms with Crippen molar-refractivity contribution < 1.29 is 50.4 Å². The standard InChI is InChI=1S/C28H29N2O.4C26H25N2O/c1-17-7-10-22-23-11-8-18(2)29-27(23)31-26(22)24(17)25-21-12-9-19(16-28(3,4)5)15-20(21)13-14-30(25)6;3*1-15(2)18-8-11-20-19(14-18)12-13-28(5)24(20)23-16(3)6-9-21-22-10-7-17(4)27-26(22)29-25(21)23;1-5-6-18-9-12-20-19(15-18)13-14-28(4)24(20)23-16(2)7-10-21-22-11-8-17(3)27-26(22)29-25(21)23/h7-15H,16H2,1-6H3;3*6-15H,1-5H3;7-15H,5-6H2,1-4H3/q5*+1/i;1D3,15D;;;. The number of furan rings is 5. The van der Waals surface area contributed by atoms with Crippen LogP contribution in [0.15, 0.2) is 296 Å². The Balaban J connectivity index is 0.000000110. The number of aryl methyl sites for hydroxylation is 16. The number of aromatic nitrogens is 10. The highest BCUT2D eigenvalue weighted by Gasteiger charge is 2.32. The van der Waals surface area contributed by atoms with E-state index in [0.717, 1.165) is 179 Å². The Bertz CT molecular complexity index is 9630. The predicted octanol–water partition coefficient (Wildman–Crippen LogP) is 32.1. The lowest BCUT2D eigenvalue weighted by atomic mass is 9.87. The molecule has 15 aromatic heterocycles. The first-order valence-electron chi connectivity index (χ1n) is 53.2. The van der Waals surface area contributed by atoms with Crippen molar-refractivity contribution in [2.45, 2.75) is 175 Å². The fraction of sp³-hybridized carbons (Fsp3) is 0.242. The van der Waals surface area contributed by atoms with Gasteiger partial charge in [-0.05, 0) is 279 Å². The lowest BCUT2D eigenvalue weighted by Gasteiger charge is -2.18. The number of rotatable bonds is 11. The minimum Gasteiger partial charge on any atom is -0.437 e. The van der Waals surface area contributed by atoms with Gasteiger partial charge >= 0.3 is 0 Å². The highest BCUT2D eigenvalue weighted by molar-refractivity contribution is 6.17. The molecule has 1 unspecified atom stereocenters. The van der Waals surface area contributed by atoms with Crippen molar-refractivity contribution in [2.24, 2.45) is 40.7 Å². The van der Waals surface area contributed by atoms with Gasteiger partial charge in [0.05, 0.1) is 54.7 Å². The fourth-order valence-electron chi connectivity index (χ4n) is 21.7. The third-order valence-electron chi connectivity index (χ3n) is 29.4. The van der Waals surface area contributed by atoms with Crippen molar-refractivity contribution >= 4 is 164 Å².